The quantitative estimate of drug-likeness (QED) is 0.824. The van der Waals surface area contributed by atoms with E-state index in [-0.39, 0.29) is 18.9 Å². The number of hydrogen-bond donors (Lipinski definition) is 2. The highest BCUT2D eigenvalue weighted by atomic mass is 16.5. The highest BCUT2D eigenvalue weighted by Gasteiger charge is 2.15. The molecule has 1 amide bonds. The predicted molar refractivity (Wildman–Crippen MR) is 72.2 cm³/mol. The maximum absolute atomic E-state index is 11.8. The van der Waals surface area contributed by atoms with E-state index in [0.29, 0.717) is 5.69 Å². The van der Waals surface area contributed by atoms with Crippen LogP contribution in [-0.2, 0) is 4.74 Å². The van der Waals surface area contributed by atoms with Crippen LogP contribution in [0.3, 0.4) is 0 Å². The summed E-state index contributed by atoms with van der Waals surface area (Å²) < 4.78 is 9.76. The van der Waals surface area contributed by atoms with Crippen molar-refractivity contribution in [2.24, 2.45) is 0 Å². The smallest absolute Gasteiger partial charge is 0.290 e. The van der Waals surface area contributed by atoms with Gasteiger partial charge in [0.25, 0.3) is 5.91 Å². The molecule has 0 spiro atoms. The molecule has 1 unspecified atom stereocenters. The number of carbonyl (C=O) groups excluding carboxylic acids is 1. The number of nitrogens with one attached hydrogen (secondary N) is 1. The summed E-state index contributed by atoms with van der Waals surface area (Å²) in [7, 11) is 1.48. The van der Waals surface area contributed by atoms with E-state index in [2.05, 4.69) is 10.5 Å². The first kappa shape index (κ1) is 14.2. The number of carbonyl (C=O) groups is 1. The molecule has 1 heterocycles. The summed E-state index contributed by atoms with van der Waals surface area (Å²) in [6, 6.07) is 11.0. The number of aliphatic hydroxyl groups excluding tert-OH is 1. The van der Waals surface area contributed by atoms with E-state index >= 15 is 0 Å². The lowest BCUT2D eigenvalue weighted by molar-refractivity contribution is 0.0601. The molecular formula is C14H16N2O4. The number of ether oxygens (including phenoxy) is 1. The van der Waals surface area contributed by atoms with Crippen LogP contribution in [-0.4, -0.2) is 42.5 Å². The van der Waals surface area contributed by atoms with Crippen LogP contribution >= 0.6 is 0 Å². The van der Waals surface area contributed by atoms with Gasteiger partial charge in [0, 0.05) is 25.3 Å². The van der Waals surface area contributed by atoms with Gasteiger partial charge < -0.3 is 19.7 Å². The summed E-state index contributed by atoms with van der Waals surface area (Å²) in [6.45, 7) is 0.250. The summed E-state index contributed by atoms with van der Waals surface area (Å²) in [5.41, 5.74) is 1.46. The molecule has 20 heavy (non-hydrogen) atoms. The van der Waals surface area contributed by atoms with Gasteiger partial charge in [-0.2, -0.15) is 0 Å². The zero-order valence-corrected chi connectivity index (χ0v) is 11.1. The molecule has 0 aliphatic carbocycles. The van der Waals surface area contributed by atoms with Crippen molar-refractivity contribution in [2.45, 2.75) is 6.10 Å². The highest BCUT2D eigenvalue weighted by molar-refractivity contribution is 5.92. The first-order valence-electron chi connectivity index (χ1n) is 6.18. The molecule has 0 radical (unpaired) electrons. The third-order valence-electron chi connectivity index (χ3n) is 2.66. The molecule has 2 N–H and O–H groups in total. The molecule has 2 rings (SSSR count). The van der Waals surface area contributed by atoms with Gasteiger partial charge in [-0.05, 0) is 0 Å². The zero-order chi connectivity index (χ0) is 14.4. The van der Waals surface area contributed by atoms with Crippen molar-refractivity contribution < 1.29 is 19.2 Å². The lowest BCUT2D eigenvalue weighted by Gasteiger charge is -2.09. The minimum atomic E-state index is -0.750. The third kappa shape index (κ3) is 3.66. The number of hydrogen-bond acceptors (Lipinski definition) is 5. The van der Waals surface area contributed by atoms with Crippen molar-refractivity contribution in [3.63, 3.8) is 0 Å². The lowest BCUT2D eigenvalue weighted by Crippen LogP contribution is -2.34. The van der Waals surface area contributed by atoms with Crippen molar-refractivity contribution >= 4 is 5.91 Å². The number of amides is 1. The molecule has 106 valence electrons. The molecule has 0 saturated carbocycles. The first-order chi connectivity index (χ1) is 9.70. The Labute approximate surface area is 116 Å². The Morgan fingerprint density at radius 3 is 2.90 bits per heavy atom. The second-order valence-corrected chi connectivity index (χ2v) is 4.26. The largest absolute Gasteiger partial charge is 0.389 e. The Bertz CT molecular complexity index is 553. The van der Waals surface area contributed by atoms with E-state index in [0.717, 1.165) is 5.56 Å². The van der Waals surface area contributed by atoms with Crippen LogP contribution in [0, 0.1) is 0 Å². The van der Waals surface area contributed by atoms with E-state index < -0.39 is 12.0 Å². The average molecular weight is 276 g/mol. The SMILES string of the molecule is COCC(O)CNC(=O)c1cc(-c2ccccc2)no1. The summed E-state index contributed by atoms with van der Waals surface area (Å²) in [5, 5.41) is 15.8. The van der Waals surface area contributed by atoms with Crippen LogP contribution < -0.4 is 5.32 Å². The Hall–Kier alpha value is -2.18. The van der Waals surface area contributed by atoms with Gasteiger partial charge in [-0.25, -0.2) is 0 Å². The van der Waals surface area contributed by atoms with Crippen LogP contribution in [0.4, 0.5) is 0 Å². The summed E-state index contributed by atoms with van der Waals surface area (Å²) in [4.78, 5) is 11.8. The fraction of sp³-hybridized carbons (Fsp3) is 0.286. The van der Waals surface area contributed by atoms with Crippen molar-refractivity contribution in [2.75, 3.05) is 20.3 Å². The molecule has 0 aliphatic rings. The van der Waals surface area contributed by atoms with Crippen molar-refractivity contribution in [1.29, 1.82) is 0 Å². The molecule has 1 atom stereocenters. The summed E-state index contributed by atoms with van der Waals surface area (Å²) >= 11 is 0. The minimum absolute atomic E-state index is 0.0913. The van der Waals surface area contributed by atoms with Gasteiger partial charge in [-0.15, -0.1) is 0 Å². The molecule has 1 aromatic heterocycles. The normalized spacial score (nSPS) is 12.1. The van der Waals surface area contributed by atoms with Gasteiger partial charge in [0.15, 0.2) is 0 Å². The average Bonchev–Trinajstić information content (AvgIpc) is 2.96. The molecule has 0 aliphatic heterocycles. The maximum atomic E-state index is 11.8. The molecule has 6 heteroatoms. The lowest BCUT2D eigenvalue weighted by atomic mass is 10.1. The van der Waals surface area contributed by atoms with Crippen LogP contribution in [0.1, 0.15) is 10.6 Å². The molecule has 6 nitrogen and oxygen atoms in total. The topological polar surface area (TPSA) is 84.6 Å². The second-order valence-electron chi connectivity index (χ2n) is 4.26. The van der Waals surface area contributed by atoms with Gasteiger partial charge in [0.2, 0.25) is 5.76 Å². The fourth-order valence-corrected chi connectivity index (χ4v) is 1.68. The minimum Gasteiger partial charge on any atom is -0.389 e. The Balaban J connectivity index is 1.97. The molecule has 0 bridgehead atoms. The van der Waals surface area contributed by atoms with E-state index in [1.54, 1.807) is 6.07 Å². The first-order valence-corrected chi connectivity index (χ1v) is 6.18. The number of methoxy groups -OCH3 is 1. The van der Waals surface area contributed by atoms with Gasteiger partial charge in [-0.1, -0.05) is 35.5 Å². The van der Waals surface area contributed by atoms with Crippen molar-refractivity contribution in [3.8, 4) is 11.3 Å². The van der Waals surface area contributed by atoms with Gasteiger partial charge in [-0.3, -0.25) is 4.79 Å². The number of aliphatic hydroxyl groups is 1. The van der Waals surface area contributed by atoms with Crippen molar-refractivity contribution in [1.82, 2.24) is 10.5 Å². The fourth-order valence-electron chi connectivity index (χ4n) is 1.68. The van der Waals surface area contributed by atoms with E-state index in [9.17, 15) is 9.90 Å². The number of benzene rings is 1. The zero-order valence-electron chi connectivity index (χ0n) is 11.1. The molecule has 0 saturated heterocycles. The third-order valence-corrected chi connectivity index (χ3v) is 2.66. The molecule has 2 aromatic rings. The van der Waals surface area contributed by atoms with Gasteiger partial charge in [0.05, 0.1) is 12.7 Å². The van der Waals surface area contributed by atoms with Crippen LogP contribution in [0.5, 0.6) is 0 Å². The van der Waals surface area contributed by atoms with E-state index in [1.807, 2.05) is 30.3 Å². The molecule has 0 fully saturated rings. The Morgan fingerprint density at radius 1 is 1.45 bits per heavy atom. The number of nitrogens with zero attached hydrogens (tertiary/aromatic N) is 1. The van der Waals surface area contributed by atoms with E-state index in [4.69, 9.17) is 9.26 Å². The predicted octanol–water partition coefficient (Wildman–Crippen LogP) is 1.08. The monoisotopic (exact) mass is 276 g/mol. The standard InChI is InChI=1S/C14H16N2O4/c1-19-9-11(17)8-15-14(18)13-7-12(16-20-13)10-5-3-2-4-6-10/h2-7,11,17H,8-9H2,1H3,(H,15,18). The summed E-state index contributed by atoms with van der Waals surface area (Å²) in [6.07, 6.45) is -0.750. The number of aromatic nitrogens is 1. The maximum Gasteiger partial charge on any atom is 0.290 e. The second kappa shape index (κ2) is 6.83. The highest BCUT2D eigenvalue weighted by Crippen LogP contribution is 2.18. The van der Waals surface area contributed by atoms with Crippen LogP contribution in [0.25, 0.3) is 11.3 Å². The molecule has 1 aromatic carbocycles. The Morgan fingerprint density at radius 2 is 2.20 bits per heavy atom. The number of rotatable bonds is 6. The summed E-state index contributed by atoms with van der Waals surface area (Å²) in [5.74, 6) is -0.316. The van der Waals surface area contributed by atoms with Crippen LogP contribution in [0.2, 0.25) is 0 Å². The Kier molecular flexibility index (Phi) is 4.86. The van der Waals surface area contributed by atoms with Gasteiger partial charge in [0.1, 0.15) is 5.69 Å². The van der Waals surface area contributed by atoms with Crippen LogP contribution in [0.15, 0.2) is 40.9 Å². The van der Waals surface area contributed by atoms with E-state index in [1.165, 1.54) is 7.11 Å². The van der Waals surface area contributed by atoms with Gasteiger partial charge >= 0.3 is 0 Å². The van der Waals surface area contributed by atoms with Crippen molar-refractivity contribution in [3.05, 3.63) is 42.2 Å². The molecular weight excluding hydrogens is 260 g/mol.